The normalized spacial score (nSPS) is 12.7. The Morgan fingerprint density at radius 3 is 2.72 bits per heavy atom. The number of nitrogens with zero attached hydrogens (tertiary/aromatic N) is 2. The number of rotatable bonds is 8. The van der Waals surface area contributed by atoms with Crippen molar-refractivity contribution in [1.82, 2.24) is 9.88 Å². The lowest BCUT2D eigenvalue weighted by atomic mass is 10.1. The van der Waals surface area contributed by atoms with Crippen LogP contribution in [-0.2, 0) is 0 Å². The van der Waals surface area contributed by atoms with Crippen molar-refractivity contribution in [2.24, 2.45) is 0 Å². The summed E-state index contributed by atoms with van der Waals surface area (Å²) in [5.74, 6) is 0. The molecule has 1 aromatic heterocycles. The Balaban J connectivity index is 2.27. The van der Waals surface area contributed by atoms with Crippen LogP contribution in [0.15, 0.2) is 18.3 Å². The Kier molecular flexibility index (Phi) is 7.06. The summed E-state index contributed by atoms with van der Waals surface area (Å²) in [6.45, 7) is 10.1. The molecule has 0 bridgehead atoms. The van der Waals surface area contributed by atoms with Gasteiger partial charge >= 0.3 is 0 Å². The minimum Gasteiger partial charge on any atom is -0.382 e. The summed E-state index contributed by atoms with van der Waals surface area (Å²) in [4.78, 5) is 6.43. The maximum Gasteiger partial charge on any atom is 0.131 e. The highest BCUT2D eigenvalue weighted by molar-refractivity contribution is 6.29. The van der Waals surface area contributed by atoms with E-state index >= 15 is 0 Å². The number of halogens is 1. The molecule has 0 aliphatic heterocycles. The van der Waals surface area contributed by atoms with E-state index in [9.17, 15) is 0 Å². The number of pyridine rings is 1. The van der Waals surface area contributed by atoms with Gasteiger partial charge in [-0.25, -0.2) is 4.98 Å². The second-order valence-electron chi connectivity index (χ2n) is 4.58. The van der Waals surface area contributed by atoms with Crippen LogP contribution in [0.5, 0.6) is 0 Å². The Labute approximate surface area is 116 Å². The molecule has 1 rings (SSSR count). The maximum absolute atomic E-state index is 5.85. The fourth-order valence-electron chi connectivity index (χ4n) is 2.01. The van der Waals surface area contributed by atoms with Gasteiger partial charge in [-0.3, -0.25) is 0 Å². The van der Waals surface area contributed by atoms with Crippen LogP contribution < -0.4 is 5.32 Å². The van der Waals surface area contributed by atoms with Gasteiger partial charge in [0.05, 0.1) is 0 Å². The first-order valence-corrected chi connectivity index (χ1v) is 7.14. The van der Waals surface area contributed by atoms with E-state index in [0.29, 0.717) is 11.2 Å². The Morgan fingerprint density at radius 1 is 1.39 bits per heavy atom. The zero-order valence-electron chi connectivity index (χ0n) is 11.6. The van der Waals surface area contributed by atoms with Crippen molar-refractivity contribution < 1.29 is 0 Å². The number of hydrogen-bond donors (Lipinski definition) is 1. The standard InChI is InChI=1S/C14H24ClN3/c1-4-18(5-2)10-6-7-12(3)17-13-8-9-16-14(15)11-13/h8-9,11-12H,4-7,10H2,1-3H3,(H,16,17). The summed E-state index contributed by atoms with van der Waals surface area (Å²) in [6.07, 6.45) is 4.11. The Morgan fingerprint density at radius 2 is 2.11 bits per heavy atom. The molecule has 0 saturated heterocycles. The van der Waals surface area contributed by atoms with Gasteiger partial charge in [0.25, 0.3) is 0 Å². The highest BCUT2D eigenvalue weighted by Gasteiger charge is 2.04. The summed E-state index contributed by atoms with van der Waals surface area (Å²) in [5, 5.41) is 3.99. The fourth-order valence-corrected chi connectivity index (χ4v) is 2.18. The molecular weight excluding hydrogens is 246 g/mol. The molecule has 0 saturated carbocycles. The highest BCUT2D eigenvalue weighted by Crippen LogP contribution is 2.14. The molecule has 1 aromatic rings. The first kappa shape index (κ1) is 15.3. The molecule has 1 unspecified atom stereocenters. The SMILES string of the molecule is CCN(CC)CCCC(C)Nc1ccnc(Cl)c1. The molecule has 0 aliphatic rings. The van der Waals surface area contributed by atoms with E-state index in [1.165, 1.54) is 13.0 Å². The van der Waals surface area contributed by atoms with E-state index in [1.54, 1.807) is 6.20 Å². The van der Waals surface area contributed by atoms with Crippen LogP contribution in [0.4, 0.5) is 5.69 Å². The van der Waals surface area contributed by atoms with Crippen molar-refractivity contribution in [3.8, 4) is 0 Å². The average molecular weight is 270 g/mol. The molecule has 1 N–H and O–H groups in total. The first-order valence-electron chi connectivity index (χ1n) is 6.76. The van der Waals surface area contributed by atoms with E-state index in [1.807, 2.05) is 12.1 Å². The number of nitrogens with one attached hydrogen (secondary N) is 1. The van der Waals surface area contributed by atoms with E-state index in [4.69, 9.17) is 11.6 Å². The summed E-state index contributed by atoms with van der Waals surface area (Å²) in [7, 11) is 0. The van der Waals surface area contributed by atoms with Crippen LogP contribution >= 0.6 is 11.6 Å². The van der Waals surface area contributed by atoms with E-state index in [-0.39, 0.29) is 0 Å². The van der Waals surface area contributed by atoms with Crippen molar-refractivity contribution in [1.29, 1.82) is 0 Å². The number of aromatic nitrogens is 1. The van der Waals surface area contributed by atoms with Crippen LogP contribution in [0, 0.1) is 0 Å². The average Bonchev–Trinajstić information content (AvgIpc) is 2.34. The van der Waals surface area contributed by atoms with Gasteiger partial charge in [-0.05, 0) is 51.5 Å². The van der Waals surface area contributed by atoms with Crippen molar-refractivity contribution in [3.05, 3.63) is 23.5 Å². The minimum absolute atomic E-state index is 0.457. The van der Waals surface area contributed by atoms with Gasteiger partial charge < -0.3 is 10.2 Å². The van der Waals surface area contributed by atoms with Crippen LogP contribution in [0.2, 0.25) is 5.15 Å². The molecule has 0 aromatic carbocycles. The molecule has 1 heterocycles. The molecule has 0 aliphatic carbocycles. The van der Waals surface area contributed by atoms with Gasteiger partial charge in [0.1, 0.15) is 5.15 Å². The van der Waals surface area contributed by atoms with Gasteiger partial charge in [0.15, 0.2) is 0 Å². The van der Waals surface area contributed by atoms with Gasteiger partial charge in [0, 0.05) is 17.9 Å². The second kappa shape index (κ2) is 8.33. The molecule has 102 valence electrons. The van der Waals surface area contributed by atoms with Crippen molar-refractivity contribution in [2.75, 3.05) is 25.0 Å². The lowest BCUT2D eigenvalue weighted by Crippen LogP contribution is -2.25. The number of anilines is 1. The van der Waals surface area contributed by atoms with Crippen LogP contribution in [0.1, 0.15) is 33.6 Å². The molecule has 0 spiro atoms. The topological polar surface area (TPSA) is 28.2 Å². The molecule has 0 amide bonds. The molecule has 3 nitrogen and oxygen atoms in total. The second-order valence-corrected chi connectivity index (χ2v) is 4.97. The van der Waals surface area contributed by atoms with Gasteiger partial charge in [-0.15, -0.1) is 0 Å². The third kappa shape index (κ3) is 5.69. The Hall–Kier alpha value is -0.800. The van der Waals surface area contributed by atoms with Crippen molar-refractivity contribution >= 4 is 17.3 Å². The molecule has 1 atom stereocenters. The van der Waals surface area contributed by atoms with Gasteiger partial charge in [-0.1, -0.05) is 25.4 Å². The molecule has 4 heteroatoms. The largest absolute Gasteiger partial charge is 0.382 e. The summed E-state index contributed by atoms with van der Waals surface area (Å²) >= 11 is 5.85. The number of hydrogen-bond acceptors (Lipinski definition) is 3. The van der Waals surface area contributed by atoms with Crippen LogP contribution in [-0.4, -0.2) is 35.6 Å². The van der Waals surface area contributed by atoms with Crippen LogP contribution in [0.3, 0.4) is 0 Å². The third-order valence-electron chi connectivity index (χ3n) is 3.15. The van der Waals surface area contributed by atoms with Crippen LogP contribution in [0.25, 0.3) is 0 Å². The van der Waals surface area contributed by atoms with E-state index in [0.717, 1.165) is 25.2 Å². The van der Waals surface area contributed by atoms with Gasteiger partial charge in [-0.2, -0.15) is 0 Å². The Bertz CT molecular complexity index is 340. The minimum atomic E-state index is 0.457. The zero-order chi connectivity index (χ0) is 13.4. The quantitative estimate of drug-likeness (QED) is 0.730. The van der Waals surface area contributed by atoms with Crippen molar-refractivity contribution in [3.63, 3.8) is 0 Å². The molecule has 18 heavy (non-hydrogen) atoms. The van der Waals surface area contributed by atoms with Crippen molar-refractivity contribution in [2.45, 2.75) is 39.7 Å². The fraction of sp³-hybridized carbons (Fsp3) is 0.643. The predicted molar refractivity (Wildman–Crippen MR) is 79.4 cm³/mol. The zero-order valence-corrected chi connectivity index (χ0v) is 12.4. The van der Waals surface area contributed by atoms with E-state index < -0.39 is 0 Å². The summed E-state index contributed by atoms with van der Waals surface area (Å²) in [6, 6.07) is 4.27. The maximum atomic E-state index is 5.85. The lowest BCUT2D eigenvalue weighted by molar-refractivity contribution is 0.295. The third-order valence-corrected chi connectivity index (χ3v) is 3.35. The molecule has 0 radical (unpaired) electrons. The highest BCUT2D eigenvalue weighted by atomic mass is 35.5. The monoisotopic (exact) mass is 269 g/mol. The predicted octanol–water partition coefficient (Wildman–Crippen LogP) is 3.66. The molecular formula is C14H24ClN3. The van der Waals surface area contributed by atoms with Gasteiger partial charge in [0.2, 0.25) is 0 Å². The first-order chi connectivity index (χ1) is 8.65. The smallest absolute Gasteiger partial charge is 0.131 e. The lowest BCUT2D eigenvalue weighted by Gasteiger charge is -2.20. The van der Waals surface area contributed by atoms with E-state index in [2.05, 4.69) is 36.0 Å². The summed E-state index contributed by atoms with van der Waals surface area (Å²) < 4.78 is 0. The molecule has 0 fully saturated rings. The summed E-state index contributed by atoms with van der Waals surface area (Å²) in [5.41, 5.74) is 1.05.